The average Bonchev–Trinajstić information content (AvgIpc) is 1.76. The predicted molar refractivity (Wildman–Crippen MR) is 503 cm³/mol. The molecule has 0 amide bonds. The minimum Gasteiger partial charge on any atom is -0.380 e. The van der Waals surface area contributed by atoms with E-state index < -0.39 is 116 Å². The number of benzene rings is 9. The van der Waals surface area contributed by atoms with Gasteiger partial charge in [0, 0.05) is 88.0 Å². The van der Waals surface area contributed by atoms with Gasteiger partial charge in [-0.05, 0) is 163 Å². The Morgan fingerprint density at radius 2 is 0.662 bits per heavy atom. The maximum atomic E-state index is 13.3. The molecule has 0 aliphatic carbocycles. The lowest BCUT2D eigenvalue weighted by molar-refractivity contribution is -0.138. The first-order valence-electron chi connectivity index (χ1n) is 42.3. The summed E-state index contributed by atoms with van der Waals surface area (Å²) in [6, 6.07) is 45.7. The van der Waals surface area contributed by atoms with Crippen LogP contribution in [0.15, 0.2) is 213 Å². The number of aliphatic hydroxyl groups is 5. The van der Waals surface area contributed by atoms with Crippen LogP contribution in [-0.2, 0) is 107 Å². The molecular weight excluding hydrogens is 1860 g/mol. The molecule has 9 aromatic carbocycles. The van der Waals surface area contributed by atoms with Gasteiger partial charge in [-0.25, -0.2) is 28.6 Å². The summed E-state index contributed by atoms with van der Waals surface area (Å²) in [6.07, 6.45) is -6.93. The Hall–Kier alpha value is -15.0. The molecule has 714 valence electrons. The van der Waals surface area contributed by atoms with E-state index in [2.05, 4.69) is 49.6 Å². The molecule has 0 bridgehead atoms. The largest absolute Gasteiger partial charge is 0.407 e. The molecule has 6 aromatic heterocycles. The average molecular weight is 1940 g/mol. The Bertz CT molecular complexity index is 7270. The third kappa shape index (κ3) is 26.4. The van der Waals surface area contributed by atoms with Crippen molar-refractivity contribution in [3.05, 3.63) is 353 Å². The topological polar surface area (TPSA) is 297 Å². The summed E-state index contributed by atoms with van der Waals surface area (Å²) in [4.78, 5) is 82.6. The highest BCUT2D eigenvalue weighted by atomic mass is 35.5. The number of alkyl halides is 9. The van der Waals surface area contributed by atoms with Gasteiger partial charge in [0.1, 0.15) is 33.8 Å². The maximum absolute atomic E-state index is 13.3. The number of rotatable bonds is 25. The molecule has 15 aromatic rings. The quantitative estimate of drug-likeness (QED) is 0.0262. The SMILES string of the molecule is [C-]#[N+]c1ccc(CC(=O)[C@@](C)(O)Cn2cc3cc(C)ccc3n2)cc1C(F)(F)F.[C-]#[N+]c1ccc(CC(=O)[C@@](C)(O)Cn2cc3cc(F)ccc3n2)cc1Cl.[C-]#[N+]c1ccc(CC(=O)[C@@](C)(O)Cn2ccc3nc(C)ccc32)cc1C(F)(F)F.[C-]#[N+]c1ccc(CC(=O)[C@@](C)(O)Cn2ncc3cc(C)ccc32)cc1C(F)(F)F.[C-]#[N+]c1ccc(CC(=O)[C@@](C)(O)Cn2ncc3cc(C)ccc32)cc1Cl. The third-order valence-corrected chi connectivity index (χ3v) is 23.1. The first-order chi connectivity index (χ1) is 65.1. The molecule has 0 aliphatic rings. The molecule has 37 heteroatoms. The number of fused-ring (bicyclic) bond motifs is 5. The van der Waals surface area contributed by atoms with E-state index in [4.69, 9.17) is 56.1 Å². The minimum atomic E-state index is -4.70. The van der Waals surface area contributed by atoms with Crippen LogP contribution in [0, 0.1) is 66.4 Å². The molecule has 0 saturated heterocycles. The summed E-state index contributed by atoms with van der Waals surface area (Å²) >= 11 is 12.0. The Morgan fingerprint density at radius 3 is 1.01 bits per heavy atom. The van der Waals surface area contributed by atoms with Gasteiger partial charge in [-0.1, -0.05) is 149 Å². The van der Waals surface area contributed by atoms with Gasteiger partial charge in [-0.3, -0.25) is 47.7 Å². The van der Waals surface area contributed by atoms with Crippen LogP contribution >= 0.6 is 23.2 Å². The van der Waals surface area contributed by atoms with Gasteiger partial charge in [0.05, 0.1) is 128 Å². The Kier molecular flexibility index (Phi) is 31.8. The van der Waals surface area contributed by atoms with Gasteiger partial charge in [-0.15, -0.1) is 0 Å². The molecule has 5 N–H and O–H groups in total. The van der Waals surface area contributed by atoms with Gasteiger partial charge >= 0.3 is 18.5 Å². The molecule has 0 aliphatic heterocycles. The normalized spacial score (nSPS) is 13.6. The number of carbonyl (C=O) groups excluding carboxylic acids is 5. The number of hydrogen-bond donors (Lipinski definition) is 5. The monoisotopic (exact) mass is 1940 g/mol. The van der Waals surface area contributed by atoms with Crippen LogP contribution in [-0.4, -0.2) is 131 Å². The number of halogens is 12. The predicted octanol–water partition coefficient (Wildman–Crippen LogP) is 21.5. The van der Waals surface area contributed by atoms with Gasteiger partial charge in [0.25, 0.3) is 0 Å². The molecule has 0 unspecified atom stereocenters. The zero-order valence-corrected chi connectivity index (χ0v) is 77.3. The maximum Gasteiger partial charge on any atom is 0.407 e. The lowest BCUT2D eigenvalue weighted by Crippen LogP contribution is -2.41. The van der Waals surface area contributed by atoms with Crippen molar-refractivity contribution in [3.8, 4) is 0 Å². The van der Waals surface area contributed by atoms with Crippen LogP contribution in [0.2, 0.25) is 10.0 Å². The highest BCUT2D eigenvalue weighted by Gasteiger charge is 2.41. The number of Topliss-reactive ketones (excluding diaryl/α,β-unsaturated/α-hetero) is 5. The molecular formula is C102H87Cl2F10N15O10. The lowest BCUT2D eigenvalue weighted by Gasteiger charge is -2.23. The van der Waals surface area contributed by atoms with E-state index in [-0.39, 0.29) is 85.3 Å². The summed E-state index contributed by atoms with van der Waals surface area (Å²) in [5, 5.41) is 74.2. The third-order valence-electron chi connectivity index (χ3n) is 22.5. The lowest BCUT2D eigenvalue weighted by atomic mass is 9.94. The smallest absolute Gasteiger partial charge is 0.380 e. The van der Waals surface area contributed by atoms with Crippen LogP contribution in [0.3, 0.4) is 0 Å². The molecule has 0 radical (unpaired) electrons. The van der Waals surface area contributed by atoms with Crippen molar-refractivity contribution in [1.82, 2.24) is 48.7 Å². The van der Waals surface area contributed by atoms with E-state index in [1.165, 1.54) is 79.0 Å². The van der Waals surface area contributed by atoms with Crippen LogP contribution < -0.4 is 0 Å². The van der Waals surface area contributed by atoms with Gasteiger partial charge < -0.3 is 30.1 Å². The summed E-state index contributed by atoms with van der Waals surface area (Å²) in [7, 11) is 0. The van der Waals surface area contributed by atoms with Crippen molar-refractivity contribution in [2.75, 3.05) is 0 Å². The van der Waals surface area contributed by atoms with Crippen molar-refractivity contribution in [1.29, 1.82) is 0 Å². The Morgan fingerprint density at radius 1 is 0.353 bits per heavy atom. The second-order valence-corrected chi connectivity index (χ2v) is 35.3. The molecule has 25 nitrogen and oxygen atoms in total. The van der Waals surface area contributed by atoms with Crippen molar-refractivity contribution in [2.45, 2.75) is 174 Å². The summed E-state index contributed by atoms with van der Waals surface area (Å²) in [6.45, 7) is 48.9. The summed E-state index contributed by atoms with van der Waals surface area (Å²) < 4.78 is 139. The van der Waals surface area contributed by atoms with E-state index in [0.29, 0.717) is 43.9 Å². The molecule has 139 heavy (non-hydrogen) atoms. The Labute approximate surface area is 799 Å². The van der Waals surface area contributed by atoms with Crippen LogP contribution in [0.1, 0.15) is 102 Å². The van der Waals surface area contributed by atoms with E-state index in [1.54, 1.807) is 88.8 Å². The number of aryl methyl sites for hydroxylation is 4. The second-order valence-electron chi connectivity index (χ2n) is 34.5. The second kappa shape index (κ2) is 42.3. The molecule has 0 spiro atoms. The standard InChI is InChI=1S/3C21H18F3N3O2.C20H18ClN3O2.C19H15ClFN3O2/c1-13-4-7-18-15(8-13)11-26-27(18)12-20(2,29)19(28)10-14-5-6-17(25-3)16(9-14)21(22,23)24;1-13-4-7-18-17(26-13)8-9-27(18)12-20(2,29)19(28)11-14-5-6-16(25-3)15(10-14)21(22,23)24;1-13-4-6-17-15(8-13)11-27(26-17)12-20(2,29)19(28)10-14-5-7-18(25-3)16(9-14)21(22,23)24;1-13-4-7-18-15(8-13)11-23-24(18)12-20(2,26)19(25)10-14-5-6-17(22-3)16(21)9-14;1-19(26,11-24-10-13-9-14(21)4-6-16(13)23-24)18(25)8-12-3-5-17(22-2)15(20)7-12/h4-9,11,29H,10,12H2,1-2H3;4-10,29H,11-12H2,1-2H3;4-9,11,29H,10,12H2,1-2H3;4-9,11,26H,10,12H2,1-2H3;3-7,9-10,26H,8,11H2,1H3/t4*20-;19-/m00000/s1. The fourth-order valence-corrected chi connectivity index (χ4v) is 15.3. The number of hydrogen-bond acceptors (Lipinski definition) is 15. The van der Waals surface area contributed by atoms with E-state index in [9.17, 15) is 93.4 Å². The zero-order chi connectivity index (χ0) is 102. The Balaban J connectivity index is 0.000000167. The molecule has 5 atom stereocenters. The fraction of sp³-hybridized carbons (Fsp3) is 0.265. The van der Waals surface area contributed by atoms with Gasteiger partial charge in [0.2, 0.25) is 11.4 Å². The van der Waals surface area contributed by atoms with E-state index >= 15 is 0 Å². The van der Waals surface area contributed by atoms with Crippen molar-refractivity contribution in [3.63, 3.8) is 0 Å². The number of carbonyl (C=O) groups is 5. The fourth-order valence-electron chi connectivity index (χ4n) is 14.8. The highest BCUT2D eigenvalue weighted by molar-refractivity contribution is 6.33. The minimum absolute atomic E-state index is 0.0274. The zero-order valence-electron chi connectivity index (χ0n) is 75.8. The summed E-state index contributed by atoms with van der Waals surface area (Å²) in [5.41, 5.74) is -2.97. The number of nitrogens with zero attached hydrogens (tertiary/aromatic N) is 15. The van der Waals surface area contributed by atoms with Crippen molar-refractivity contribution < 1.29 is 93.4 Å². The number of pyridine rings is 1. The molecule has 0 saturated carbocycles. The van der Waals surface area contributed by atoms with Crippen LogP contribution in [0.25, 0.3) is 78.9 Å². The summed E-state index contributed by atoms with van der Waals surface area (Å²) in [5.74, 6) is -3.02. The van der Waals surface area contributed by atoms with E-state index in [1.807, 2.05) is 94.4 Å². The van der Waals surface area contributed by atoms with Crippen LogP contribution in [0.5, 0.6) is 0 Å². The van der Waals surface area contributed by atoms with Crippen LogP contribution in [0.4, 0.5) is 72.3 Å². The van der Waals surface area contributed by atoms with Gasteiger partial charge in [0.15, 0.2) is 46.0 Å². The molecule has 0 fully saturated rings. The first kappa shape index (κ1) is 105. The van der Waals surface area contributed by atoms with E-state index in [0.717, 1.165) is 97.0 Å². The highest BCUT2D eigenvalue weighted by Crippen LogP contribution is 2.42. The van der Waals surface area contributed by atoms with Gasteiger partial charge in [-0.2, -0.15) is 59.9 Å². The first-order valence-corrected chi connectivity index (χ1v) is 43.0. The van der Waals surface area contributed by atoms with Crippen molar-refractivity contribution >= 4 is 135 Å². The molecule has 6 heterocycles. The molecule has 15 rings (SSSR count). The number of aromatic nitrogens is 10. The number of ketones is 5. The van der Waals surface area contributed by atoms with Crippen molar-refractivity contribution in [2.24, 2.45) is 0 Å².